The molecule has 0 amide bonds. The third-order valence-corrected chi connectivity index (χ3v) is 4.90. The van der Waals surface area contributed by atoms with E-state index in [-0.39, 0.29) is 5.60 Å². The fraction of sp³-hybridized carbons (Fsp3) is 0.684. The van der Waals surface area contributed by atoms with E-state index in [1.54, 1.807) is 7.11 Å². The second-order valence-corrected chi connectivity index (χ2v) is 7.34. The third kappa shape index (κ3) is 4.48. The highest BCUT2D eigenvalue weighted by Crippen LogP contribution is 2.33. The predicted molar refractivity (Wildman–Crippen MR) is 94.5 cm³/mol. The van der Waals surface area contributed by atoms with Gasteiger partial charge >= 0.3 is 0 Å². The molecule has 0 unspecified atom stereocenters. The number of hydrogen-bond acceptors (Lipinski definition) is 5. The third-order valence-electron chi connectivity index (χ3n) is 4.90. The predicted octanol–water partition coefficient (Wildman–Crippen LogP) is 2.01. The van der Waals surface area contributed by atoms with Crippen molar-refractivity contribution in [2.45, 2.75) is 31.1 Å². The van der Waals surface area contributed by atoms with E-state index in [9.17, 15) is 0 Å². The van der Waals surface area contributed by atoms with Crippen LogP contribution in [-0.2, 0) is 16.0 Å². The molecule has 1 aromatic rings. The Bertz CT molecular complexity index is 520. The van der Waals surface area contributed by atoms with Gasteiger partial charge in [0.15, 0.2) is 0 Å². The smallest absolute Gasteiger partial charge is 0.118 e. The van der Waals surface area contributed by atoms with Crippen molar-refractivity contribution in [1.82, 2.24) is 9.80 Å². The quantitative estimate of drug-likeness (QED) is 0.823. The van der Waals surface area contributed by atoms with Gasteiger partial charge in [0, 0.05) is 26.2 Å². The van der Waals surface area contributed by atoms with Gasteiger partial charge < -0.3 is 19.1 Å². The Labute approximate surface area is 145 Å². The SMILES string of the molecule is COc1ccc(CN2CCOC[C@@]3(CC[C@@H](CN(C)C)O3)C2)cc1. The van der Waals surface area contributed by atoms with Crippen LogP contribution < -0.4 is 4.74 Å². The Kier molecular flexibility index (Phi) is 5.76. The molecule has 0 aliphatic carbocycles. The summed E-state index contributed by atoms with van der Waals surface area (Å²) in [6.07, 6.45) is 2.53. The number of methoxy groups -OCH3 is 1. The topological polar surface area (TPSA) is 34.2 Å². The van der Waals surface area contributed by atoms with Crippen LogP contribution in [0, 0.1) is 0 Å². The molecule has 2 aliphatic heterocycles. The molecule has 2 heterocycles. The standard InChI is InChI=1S/C19H30N2O3/c1-20(2)13-18-8-9-19(24-18)14-21(10-11-23-15-19)12-16-4-6-17(22-3)7-5-16/h4-7,18H,8-15H2,1-3H3/t18-,19+/m0/s1. The molecule has 134 valence electrons. The number of likely N-dealkylation sites (N-methyl/N-ethyl adjacent to an activating group) is 1. The van der Waals surface area contributed by atoms with Crippen LogP contribution in [0.3, 0.4) is 0 Å². The average molecular weight is 334 g/mol. The number of hydrogen-bond donors (Lipinski definition) is 0. The first-order chi connectivity index (χ1) is 11.6. The zero-order chi connectivity index (χ0) is 17.0. The number of benzene rings is 1. The maximum atomic E-state index is 6.46. The van der Waals surface area contributed by atoms with Crippen LogP contribution in [0.15, 0.2) is 24.3 Å². The van der Waals surface area contributed by atoms with Crippen LogP contribution >= 0.6 is 0 Å². The minimum atomic E-state index is -0.135. The summed E-state index contributed by atoms with van der Waals surface area (Å²) in [6.45, 7) is 5.31. The number of ether oxygens (including phenoxy) is 3. The Morgan fingerprint density at radius 3 is 2.79 bits per heavy atom. The van der Waals surface area contributed by atoms with Crippen LogP contribution in [0.1, 0.15) is 18.4 Å². The first-order valence-corrected chi connectivity index (χ1v) is 8.84. The molecule has 0 N–H and O–H groups in total. The molecule has 0 aromatic heterocycles. The lowest BCUT2D eigenvalue weighted by atomic mass is 9.99. The monoisotopic (exact) mass is 334 g/mol. The van der Waals surface area contributed by atoms with Gasteiger partial charge in [-0.05, 0) is 44.6 Å². The summed E-state index contributed by atoms with van der Waals surface area (Å²) in [7, 11) is 5.91. The van der Waals surface area contributed by atoms with Crippen molar-refractivity contribution in [2.24, 2.45) is 0 Å². The lowest BCUT2D eigenvalue weighted by molar-refractivity contribution is -0.0902. The van der Waals surface area contributed by atoms with Gasteiger partial charge in [-0.1, -0.05) is 12.1 Å². The van der Waals surface area contributed by atoms with Gasteiger partial charge in [0.1, 0.15) is 11.4 Å². The fourth-order valence-corrected chi connectivity index (χ4v) is 3.76. The lowest BCUT2D eigenvalue weighted by Crippen LogP contribution is -2.45. The maximum Gasteiger partial charge on any atom is 0.118 e. The van der Waals surface area contributed by atoms with Crippen molar-refractivity contribution in [3.63, 3.8) is 0 Å². The molecule has 5 heteroatoms. The van der Waals surface area contributed by atoms with Crippen LogP contribution in [0.5, 0.6) is 5.75 Å². The minimum Gasteiger partial charge on any atom is -0.497 e. The first kappa shape index (κ1) is 17.7. The molecule has 2 atom stereocenters. The van der Waals surface area contributed by atoms with Gasteiger partial charge in [-0.3, -0.25) is 4.90 Å². The van der Waals surface area contributed by atoms with Gasteiger partial charge in [0.2, 0.25) is 0 Å². The molecular formula is C19H30N2O3. The Morgan fingerprint density at radius 2 is 2.08 bits per heavy atom. The maximum absolute atomic E-state index is 6.46. The zero-order valence-electron chi connectivity index (χ0n) is 15.2. The molecule has 0 bridgehead atoms. The van der Waals surface area contributed by atoms with Crippen LogP contribution in [0.25, 0.3) is 0 Å². The number of rotatable bonds is 5. The molecule has 5 nitrogen and oxygen atoms in total. The minimum absolute atomic E-state index is 0.135. The summed E-state index contributed by atoms with van der Waals surface area (Å²) in [5.74, 6) is 0.903. The van der Waals surface area contributed by atoms with Crippen molar-refractivity contribution in [2.75, 3.05) is 54.1 Å². The highest BCUT2D eigenvalue weighted by molar-refractivity contribution is 5.27. The molecule has 3 rings (SSSR count). The molecule has 2 fully saturated rings. The van der Waals surface area contributed by atoms with Crippen LogP contribution in [0.2, 0.25) is 0 Å². The van der Waals surface area contributed by atoms with E-state index in [2.05, 4.69) is 36.0 Å². The van der Waals surface area contributed by atoms with Crippen LogP contribution in [0.4, 0.5) is 0 Å². The zero-order valence-corrected chi connectivity index (χ0v) is 15.2. The molecule has 2 aliphatic rings. The van der Waals surface area contributed by atoms with E-state index in [0.717, 1.165) is 58.0 Å². The van der Waals surface area contributed by atoms with E-state index < -0.39 is 0 Å². The lowest BCUT2D eigenvalue weighted by Gasteiger charge is -2.32. The summed E-state index contributed by atoms with van der Waals surface area (Å²) < 4.78 is 17.6. The Hall–Kier alpha value is -1.14. The van der Waals surface area contributed by atoms with Gasteiger partial charge in [-0.15, -0.1) is 0 Å². The van der Waals surface area contributed by atoms with E-state index >= 15 is 0 Å². The molecule has 24 heavy (non-hydrogen) atoms. The van der Waals surface area contributed by atoms with Crippen molar-refractivity contribution in [3.05, 3.63) is 29.8 Å². The van der Waals surface area contributed by atoms with E-state index in [4.69, 9.17) is 14.2 Å². The van der Waals surface area contributed by atoms with Gasteiger partial charge in [0.05, 0.1) is 26.4 Å². The van der Waals surface area contributed by atoms with E-state index in [1.807, 2.05) is 12.1 Å². The van der Waals surface area contributed by atoms with Crippen molar-refractivity contribution >= 4 is 0 Å². The fourth-order valence-electron chi connectivity index (χ4n) is 3.76. The number of nitrogens with zero attached hydrogens (tertiary/aromatic N) is 2. The largest absolute Gasteiger partial charge is 0.497 e. The molecule has 2 saturated heterocycles. The summed E-state index contributed by atoms with van der Waals surface area (Å²) in [5.41, 5.74) is 1.17. The molecule has 0 saturated carbocycles. The van der Waals surface area contributed by atoms with Crippen molar-refractivity contribution in [1.29, 1.82) is 0 Å². The second kappa shape index (κ2) is 7.83. The second-order valence-electron chi connectivity index (χ2n) is 7.34. The normalized spacial score (nSPS) is 28.4. The summed E-state index contributed by atoms with van der Waals surface area (Å²) >= 11 is 0. The summed E-state index contributed by atoms with van der Waals surface area (Å²) in [4.78, 5) is 4.67. The van der Waals surface area contributed by atoms with Gasteiger partial charge in [-0.2, -0.15) is 0 Å². The average Bonchev–Trinajstić information content (AvgIpc) is 2.82. The highest BCUT2D eigenvalue weighted by Gasteiger charge is 2.43. The molecule has 1 aromatic carbocycles. The van der Waals surface area contributed by atoms with Crippen LogP contribution in [-0.4, -0.2) is 75.6 Å². The summed E-state index contributed by atoms with van der Waals surface area (Å²) in [5, 5.41) is 0. The van der Waals surface area contributed by atoms with E-state index in [1.165, 1.54) is 5.56 Å². The van der Waals surface area contributed by atoms with E-state index in [0.29, 0.717) is 6.10 Å². The highest BCUT2D eigenvalue weighted by atomic mass is 16.6. The molecule has 0 radical (unpaired) electrons. The Balaban J connectivity index is 1.62. The van der Waals surface area contributed by atoms with Gasteiger partial charge in [-0.25, -0.2) is 0 Å². The van der Waals surface area contributed by atoms with Gasteiger partial charge in [0.25, 0.3) is 0 Å². The Morgan fingerprint density at radius 1 is 1.29 bits per heavy atom. The molecular weight excluding hydrogens is 304 g/mol. The first-order valence-electron chi connectivity index (χ1n) is 8.84. The summed E-state index contributed by atoms with van der Waals surface area (Å²) in [6, 6.07) is 8.33. The van der Waals surface area contributed by atoms with Crippen molar-refractivity contribution in [3.8, 4) is 5.75 Å². The van der Waals surface area contributed by atoms with Crippen molar-refractivity contribution < 1.29 is 14.2 Å². The molecule has 1 spiro atoms.